The van der Waals surface area contributed by atoms with Gasteiger partial charge in [0.2, 0.25) is 10.0 Å². The van der Waals surface area contributed by atoms with E-state index in [1.54, 1.807) is 19.2 Å². The Labute approximate surface area is 128 Å². The first-order valence-corrected chi connectivity index (χ1v) is 8.50. The van der Waals surface area contributed by atoms with Crippen LogP contribution < -0.4 is 5.32 Å². The maximum atomic E-state index is 12.7. The van der Waals surface area contributed by atoms with E-state index >= 15 is 0 Å². The number of nitrogens with zero attached hydrogens (tertiary/aromatic N) is 3. The summed E-state index contributed by atoms with van der Waals surface area (Å²) in [6, 6.07) is 3.27. The van der Waals surface area contributed by atoms with Crippen molar-refractivity contribution in [2.24, 2.45) is 5.92 Å². The number of hydrogen-bond donors (Lipinski definition) is 1. The van der Waals surface area contributed by atoms with E-state index in [2.05, 4.69) is 10.3 Å². The van der Waals surface area contributed by atoms with Crippen LogP contribution in [0.4, 0.5) is 5.82 Å². The molecule has 0 atom stereocenters. The molecule has 1 rings (SSSR count). The number of pyridine rings is 1. The Morgan fingerprint density at radius 3 is 2.33 bits per heavy atom. The summed E-state index contributed by atoms with van der Waals surface area (Å²) in [5, 5.41) is 2.88. The summed E-state index contributed by atoms with van der Waals surface area (Å²) in [4.78, 5) is 6.31. The minimum Gasteiger partial charge on any atom is -0.373 e. The molecule has 6 nitrogen and oxygen atoms in total. The van der Waals surface area contributed by atoms with Crippen LogP contribution in [0.3, 0.4) is 0 Å². The van der Waals surface area contributed by atoms with Gasteiger partial charge < -0.3 is 10.2 Å². The van der Waals surface area contributed by atoms with Crippen LogP contribution in [-0.2, 0) is 10.0 Å². The standard InChI is InChI=1S/C14H26N4O2S/c1-12(2)11-18(9-8-17(4)5)21(19,20)13-6-7-14(15-3)16-10-13/h6-7,10,12H,8-9,11H2,1-5H3,(H,15,16). The molecule has 0 unspecified atom stereocenters. The Morgan fingerprint density at radius 2 is 1.90 bits per heavy atom. The Balaban J connectivity index is 3.00. The fraction of sp³-hybridized carbons (Fsp3) is 0.643. The van der Waals surface area contributed by atoms with Gasteiger partial charge in [0.05, 0.1) is 0 Å². The average Bonchev–Trinajstić information content (AvgIpc) is 2.42. The molecule has 0 aliphatic carbocycles. The number of likely N-dealkylation sites (N-methyl/N-ethyl adjacent to an activating group) is 1. The van der Waals surface area contributed by atoms with Gasteiger partial charge in [0.1, 0.15) is 10.7 Å². The van der Waals surface area contributed by atoms with E-state index in [1.807, 2.05) is 32.8 Å². The summed E-state index contributed by atoms with van der Waals surface area (Å²) in [7, 11) is 2.12. The van der Waals surface area contributed by atoms with Crippen molar-refractivity contribution in [2.45, 2.75) is 18.7 Å². The molecule has 0 aromatic carbocycles. The molecule has 0 spiro atoms. The van der Waals surface area contributed by atoms with Crippen molar-refractivity contribution < 1.29 is 8.42 Å². The number of sulfonamides is 1. The minimum atomic E-state index is -3.50. The number of nitrogens with one attached hydrogen (secondary N) is 1. The van der Waals surface area contributed by atoms with Crippen LogP contribution in [0.1, 0.15) is 13.8 Å². The van der Waals surface area contributed by atoms with Crippen LogP contribution in [0.5, 0.6) is 0 Å². The van der Waals surface area contributed by atoms with Gasteiger partial charge >= 0.3 is 0 Å². The Morgan fingerprint density at radius 1 is 1.24 bits per heavy atom. The van der Waals surface area contributed by atoms with Gasteiger partial charge in [-0.05, 0) is 32.1 Å². The lowest BCUT2D eigenvalue weighted by molar-refractivity contribution is 0.312. The minimum absolute atomic E-state index is 0.237. The zero-order valence-corrected chi connectivity index (χ0v) is 14.3. The van der Waals surface area contributed by atoms with Gasteiger partial charge in [0, 0.05) is 32.9 Å². The predicted octanol–water partition coefficient (Wildman–Crippen LogP) is 1.33. The van der Waals surface area contributed by atoms with Crippen molar-refractivity contribution in [3.8, 4) is 0 Å². The van der Waals surface area contributed by atoms with E-state index in [0.717, 1.165) is 0 Å². The predicted molar refractivity (Wildman–Crippen MR) is 85.9 cm³/mol. The largest absolute Gasteiger partial charge is 0.373 e. The SMILES string of the molecule is CNc1ccc(S(=O)(=O)N(CCN(C)C)CC(C)C)cn1. The summed E-state index contributed by atoms with van der Waals surface area (Å²) in [6.45, 7) is 5.69. The molecule has 0 saturated carbocycles. The summed E-state index contributed by atoms with van der Waals surface area (Å²) >= 11 is 0. The van der Waals surface area contributed by atoms with Crippen molar-refractivity contribution >= 4 is 15.8 Å². The van der Waals surface area contributed by atoms with Crippen molar-refractivity contribution in [3.63, 3.8) is 0 Å². The van der Waals surface area contributed by atoms with Crippen LogP contribution in [0.15, 0.2) is 23.2 Å². The van der Waals surface area contributed by atoms with Crippen molar-refractivity contribution in [2.75, 3.05) is 46.1 Å². The highest BCUT2D eigenvalue weighted by Crippen LogP contribution is 2.17. The lowest BCUT2D eigenvalue weighted by atomic mass is 10.2. The molecule has 1 aromatic heterocycles. The van der Waals surface area contributed by atoms with Gasteiger partial charge in [-0.15, -0.1) is 0 Å². The first-order valence-electron chi connectivity index (χ1n) is 7.06. The van der Waals surface area contributed by atoms with E-state index in [0.29, 0.717) is 25.5 Å². The Bertz CT molecular complexity index is 526. The first-order chi connectivity index (χ1) is 9.77. The maximum absolute atomic E-state index is 12.7. The molecule has 1 heterocycles. The van der Waals surface area contributed by atoms with Gasteiger partial charge in [-0.25, -0.2) is 13.4 Å². The van der Waals surface area contributed by atoms with E-state index in [9.17, 15) is 8.42 Å². The fourth-order valence-electron chi connectivity index (χ4n) is 1.86. The van der Waals surface area contributed by atoms with Crippen LogP contribution >= 0.6 is 0 Å². The third-order valence-corrected chi connectivity index (χ3v) is 4.84. The number of anilines is 1. The number of aromatic nitrogens is 1. The quantitative estimate of drug-likeness (QED) is 0.784. The smallest absolute Gasteiger partial charge is 0.244 e. The topological polar surface area (TPSA) is 65.5 Å². The molecule has 7 heteroatoms. The van der Waals surface area contributed by atoms with Crippen LogP contribution in [0.25, 0.3) is 0 Å². The van der Waals surface area contributed by atoms with E-state index in [1.165, 1.54) is 10.5 Å². The maximum Gasteiger partial charge on any atom is 0.244 e. The van der Waals surface area contributed by atoms with Crippen LogP contribution in [0.2, 0.25) is 0 Å². The third-order valence-electron chi connectivity index (χ3n) is 3.00. The second-order valence-corrected chi connectivity index (χ2v) is 7.63. The highest BCUT2D eigenvalue weighted by Gasteiger charge is 2.25. The molecule has 0 bridgehead atoms. The molecular formula is C14H26N4O2S. The highest BCUT2D eigenvalue weighted by molar-refractivity contribution is 7.89. The van der Waals surface area contributed by atoms with E-state index < -0.39 is 10.0 Å². The Hall–Kier alpha value is -1.18. The molecule has 21 heavy (non-hydrogen) atoms. The number of hydrogen-bond acceptors (Lipinski definition) is 5. The number of rotatable bonds is 8. The molecule has 0 fully saturated rings. The molecule has 0 aliphatic heterocycles. The molecule has 0 aliphatic rings. The second kappa shape index (κ2) is 7.72. The second-order valence-electron chi connectivity index (χ2n) is 5.69. The van der Waals surface area contributed by atoms with E-state index in [-0.39, 0.29) is 10.8 Å². The van der Waals surface area contributed by atoms with Crippen LogP contribution in [-0.4, -0.2) is 63.4 Å². The summed E-state index contributed by atoms with van der Waals surface area (Å²) < 4.78 is 27.0. The van der Waals surface area contributed by atoms with Gasteiger partial charge in [0.15, 0.2) is 0 Å². The monoisotopic (exact) mass is 314 g/mol. The highest BCUT2D eigenvalue weighted by atomic mass is 32.2. The average molecular weight is 314 g/mol. The summed E-state index contributed by atoms with van der Waals surface area (Å²) in [6.07, 6.45) is 1.41. The molecular weight excluding hydrogens is 288 g/mol. The van der Waals surface area contributed by atoms with Crippen LogP contribution in [0, 0.1) is 5.92 Å². The molecule has 120 valence electrons. The van der Waals surface area contributed by atoms with E-state index in [4.69, 9.17) is 0 Å². The molecule has 0 amide bonds. The van der Waals surface area contributed by atoms with Crippen molar-refractivity contribution in [1.29, 1.82) is 0 Å². The summed E-state index contributed by atoms with van der Waals surface area (Å²) in [5.41, 5.74) is 0. The van der Waals surface area contributed by atoms with Gasteiger partial charge in [-0.2, -0.15) is 4.31 Å². The van der Waals surface area contributed by atoms with Gasteiger partial charge in [-0.1, -0.05) is 13.8 Å². The fourth-order valence-corrected chi connectivity index (χ4v) is 3.40. The van der Waals surface area contributed by atoms with Gasteiger partial charge in [0.25, 0.3) is 0 Å². The van der Waals surface area contributed by atoms with Crippen molar-refractivity contribution in [3.05, 3.63) is 18.3 Å². The normalized spacial score (nSPS) is 12.4. The lowest BCUT2D eigenvalue weighted by Crippen LogP contribution is -2.39. The Kier molecular flexibility index (Phi) is 6.57. The van der Waals surface area contributed by atoms with Gasteiger partial charge in [-0.3, -0.25) is 0 Å². The zero-order chi connectivity index (χ0) is 16.0. The third kappa shape index (κ3) is 5.26. The molecule has 0 saturated heterocycles. The summed E-state index contributed by atoms with van der Waals surface area (Å²) in [5.74, 6) is 0.920. The zero-order valence-electron chi connectivity index (χ0n) is 13.5. The lowest BCUT2D eigenvalue weighted by Gasteiger charge is -2.25. The molecule has 1 aromatic rings. The molecule has 1 N–H and O–H groups in total. The first kappa shape index (κ1) is 17.9. The van der Waals surface area contributed by atoms with Crippen molar-refractivity contribution in [1.82, 2.24) is 14.2 Å². The molecule has 0 radical (unpaired) electrons.